The van der Waals surface area contributed by atoms with Crippen LogP contribution in [0.5, 0.6) is 11.5 Å². The molecule has 2 N–H and O–H groups in total. The topological polar surface area (TPSA) is 82.1 Å². The van der Waals surface area contributed by atoms with Crippen molar-refractivity contribution in [2.75, 3.05) is 27.1 Å². The maximum atomic E-state index is 8.58. The van der Waals surface area contributed by atoms with Crippen molar-refractivity contribution in [1.82, 2.24) is 0 Å². The van der Waals surface area contributed by atoms with Gasteiger partial charge in [-0.1, -0.05) is 18.7 Å². The molecule has 18 heavy (non-hydrogen) atoms. The summed E-state index contributed by atoms with van der Waals surface area (Å²) < 4.78 is 13.0. The number of nitrogens with two attached hydrogens (primary N) is 1. The molecule has 0 saturated carbocycles. The van der Waals surface area contributed by atoms with Crippen LogP contribution in [0.1, 0.15) is 19.4 Å². The predicted molar refractivity (Wildman–Crippen MR) is 73.8 cm³/mol. The Kier molecular flexibility index (Phi) is 11.8. The Hall–Kier alpha value is -1.98. The van der Waals surface area contributed by atoms with E-state index < -0.39 is 0 Å². The Bertz CT molecular complexity index is 312. The molecule has 0 radical (unpaired) electrons. The number of rotatable bonds is 3. The molecule has 0 atom stereocenters. The number of nitrogen functional groups attached to an aromatic ring is 1. The number of ether oxygens (including phenoxy) is 2. The van der Waals surface area contributed by atoms with Gasteiger partial charge < -0.3 is 15.2 Å². The second-order valence-corrected chi connectivity index (χ2v) is 2.80. The van der Waals surface area contributed by atoms with Gasteiger partial charge in [-0.05, 0) is 18.6 Å². The molecule has 0 bridgehead atoms. The summed E-state index contributed by atoms with van der Waals surface area (Å²) in [5.74, 6) is 1.38. The lowest BCUT2D eigenvalue weighted by Crippen LogP contribution is -1.95. The van der Waals surface area contributed by atoms with Gasteiger partial charge in [0, 0.05) is 11.8 Å². The zero-order valence-corrected chi connectivity index (χ0v) is 11.8. The quantitative estimate of drug-likeness (QED) is 0.391. The van der Waals surface area contributed by atoms with Crippen LogP contribution in [0.2, 0.25) is 0 Å². The van der Waals surface area contributed by atoms with Gasteiger partial charge in [0.2, 0.25) is 0 Å². The fourth-order valence-electron chi connectivity index (χ4n) is 0.996. The van der Waals surface area contributed by atoms with Crippen molar-refractivity contribution in [2.24, 2.45) is 0 Å². The third-order valence-corrected chi connectivity index (χ3v) is 1.84. The van der Waals surface area contributed by atoms with Crippen molar-refractivity contribution in [2.45, 2.75) is 20.8 Å². The van der Waals surface area contributed by atoms with Crippen molar-refractivity contribution < 1.29 is 14.4 Å². The second kappa shape index (κ2) is 11.5. The van der Waals surface area contributed by atoms with Gasteiger partial charge in [-0.25, -0.2) is 0 Å². The van der Waals surface area contributed by atoms with Crippen LogP contribution in [0.4, 0.5) is 5.69 Å². The highest BCUT2D eigenvalue weighted by Gasteiger charge is 2.05. The first kappa shape index (κ1) is 18.4. The molecular weight excluding hydrogens is 238 g/mol. The molecule has 0 aliphatic carbocycles. The minimum absolute atomic E-state index is 0.667. The first-order valence-corrected chi connectivity index (χ1v) is 5.41. The van der Waals surface area contributed by atoms with Crippen molar-refractivity contribution in [3.8, 4) is 11.5 Å². The number of hydrogen-bond donors (Lipinski definition) is 1. The van der Waals surface area contributed by atoms with E-state index in [2.05, 4.69) is 9.63 Å². The van der Waals surface area contributed by atoms with Gasteiger partial charge in [0.25, 0.3) is 4.96 Å². The van der Waals surface area contributed by atoms with Crippen molar-refractivity contribution in [3.05, 3.63) is 27.4 Å². The van der Waals surface area contributed by atoms with Crippen LogP contribution in [0, 0.1) is 16.6 Å². The van der Waals surface area contributed by atoms with Gasteiger partial charge in [-0.3, -0.25) is 0 Å². The monoisotopic (exact) mass is 260 g/mol. The fraction of sp³-hybridized carbons (Fsp3) is 0.500. The van der Waals surface area contributed by atoms with E-state index in [1.54, 1.807) is 20.3 Å². The lowest BCUT2D eigenvalue weighted by Gasteiger charge is -2.09. The normalized spacial score (nSPS) is 7.89. The average molecular weight is 260 g/mol. The van der Waals surface area contributed by atoms with Crippen LogP contribution in [-0.4, -0.2) is 21.3 Å². The van der Waals surface area contributed by atoms with E-state index in [9.17, 15) is 0 Å². The highest BCUT2D eigenvalue weighted by atomic mass is 17.3. The standard InChI is InChI=1S/C9H13NO2.C2H6.CH3O3/c1-6-4-8(11-2)9(12-3)5-7(6)10;1-2;1-3-4-2/h4-5H,10H2,1-3H3;1-2H3;1H3/q;;+1. The van der Waals surface area contributed by atoms with Crippen molar-refractivity contribution in [3.63, 3.8) is 0 Å². The molecular formula is C12H22NO5+. The smallest absolute Gasteiger partial charge is 0.376 e. The Morgan fingerprint density at radius 1 is 1.06 bits per heavy atom. The van der Waals surface area contributed by atoms with Crippen molar-refractivity contribution in [1.29, 1.82) is 0 Å². The average Bonchev–Trinajstić information content (AvgIpc) is 2.43. The van der Waals surface area contributed by atoms with E-state index in [0.29, 0.717) is 17.2 Å². The molecule has 104 valence electrons. The van der Waals surface area contributed by atoms with E-state index in [0.717, 1.165) is 12.7 Å². The van der Waals surface area contributed by atoms with Crippen LogP contribution in [0.15, 0.2) is 12.1 Å². The summed E-state index contributed by atoms with van der Waals surface area (Å²) in [5.41, 5.74) is 7.39. The van der Waals surface area contributed by atoms with Gasteiger partial charge in [0.1, 0.15) is 0 Å². The molecule has 6 nitrogen and oxygen atoms in total. The highest BCUT2D eigenvalue weighted by molar-refractivity contribution is 5.57. The van der Waals surface area contributed by atoms with Crippen LogP contribution < -0.4 is 15.2 Å². The third kappa shape index (κ3) is 6.57. The maximum absolute atomic E-state index is 8.58. The zero-order valence-electron chi connectivity index (χ0n) is 11.8. The molecule has 0 aliphatic rings. The van der Waals surface area contributed by atoms with E-state index in [1.807, 2.05) is 26.8 Å². The summed E-state index contributed by atoms with van der Waals surface area (Å²) in [4.78, 5) is 12.1. The molecule has 0 amide bonds. The summed E-state index contributed by atoms with van der Waals surface area (Å²) >= 11 is 0. The summed E-state index contributed by atoms with van der Waals surface area (Å²) in [6.45, 7) is 5.93. The first-order chi connectivity index (χ1) is 8.60. The van der Waals surface area contributed by atoms with Crippen LogP contribution in [0.3, 0.4) is 0 Å². The minimum Gasteiger partial charge on any atom is -0.493 e. The lowest BCUT2D eigenvalue weighted by molar-refractivity contribution is 0.326. The summed E-state index contributed by atoms with van der Waals surface area (Å²) in [7, 11) is 4.34. The number of aryl methyl sites for hydroxylation is 1. The molecule has 0 unspecified atom stereocenters. The second-order valence-electron chi connectivity index (χ2n) is 2.80. The summed E-state index contributed by atoms with van der Waals surface area (Å²) in [5, 5.41) is 0. The van der Waals surface area contributed by atoms with Gasteiger partial charge in [0.05, 0.1) is 14.2 Å². The van der Waals surface area contributed by atoms with Gasteiger partial charge in [-0.15, -0.1) is 0 Å². The highest BCUT2D eigenvalue weighted by Crippen LogP contribution is 2.31. The maximum Gasteiger partial charge on any atom is 0.376 e. The van der Waals surface area contributed by atoms with Crippen molar-refractivity contribution >= 4 is 5.69 Å². The number of methoxy groups -OCH3 is 2. The Labute approximate surface area is 107 Å². The van der Waals surface area contributed by atoms with E-state index in [4.69, 9.17) is 20.2 Å². The Morgan fingerprint density at radius 3 is 1.78 bits per heavy atom. The molecule has 0 aliphatic heterocycles. The molecule has 0 fully saturated rings. The number of benzene rings is 1. The van der Waals surface area contributed by atoms with Gasteiger partial charge in [-0.2, -0.15) is 0 Å². The van der Waals surface area contributed by atoms with Crippen LogP contribution in [0.25, 0.3) is 0 Å². The fourth-order valence-corrected chi connectivity index (χ4v) is 0.996. The lowest BCUT2D eigenvalue weighted by atomic mass is 10.2. The summed E-state index contributed by atoms with van der Waals surface area (Å²) in [6, 6.07) is 3.61. The van der Waals surface area contributed by atoms with E-state index in [1.165, 1.54) is 0 Å². The van der Waals surface area contributed by atoms with Gasteiger partial charge >= 0.3 is 4.75 Å². The number of anilines is 1. The SMILES string of the molecule is CC.CO[O+]=O.COc1cc(C)c(N)cc1OC. The van der Waals surface area contributed by atoms with Crippen LogP contribution in [-0.2, 0) is 4.89 Å². The van der Waals surface area contributed by atoms with E-state index in [-0.39, 0.29) is 0 Å². The van der Waals surface area contributed by atoms with Gasteiger partial charge in [0.15, 0.2) is 18.6 Å². The molecule has 1 aromatic carbocycles. The summed E-state index contributed by atoms with van der Waals surface area (Å²) in [6.07, 6.45) is 0. The first-order valence-electron chi connectivity index (χ1n) is 5.41. The molecule has 1 rings (SSSR count). The Balaban J connectivity index is 0. The molecule has 0 spiro atoms. The zero-order chi connectivity index (χ0) is 14.6. The molecule has 0 saturated heterocycles. The molecule has 6 heteroatoms. The minimum atomic E-state index is 0.667. The van der Waals surface area contributed by atoms with Crippen LogP contribution >= 0.6 is 0 Å². The largest absolute Gasteiger partial charge is 0.493 e. The van der Waals surface area contributed by atoms with E-state index >= 15 is 0 Å². The predicted octanol–water partition coefficient (Wildman–Crippen LogP) is 2.78. The third-order valence-electron chi connectivity index (χ3n) is 1.84. The number of hydrogen-bond acceptors (Lipinski definition) is 5. The molecule has 1 aromatic rings. The Morgan fingerprint density at radius 2 is 1.44 bits per heavy atom. The molecule has 0 heterocycles. The molecule has 0 aromatic heterocycles.